The summed E-state index contributed by atoms with van der Waals surface area (Å²) in [5.74, 6) is 0.356. The van der Waals surface area contributed by atoms with Crippen LogP contribution in [0.4, 0.5) is 5.69 Å². The summed E-state index contributed by atoms with van der Waals surface area (Å²) in [4.78, 5) is 17.3. The summed E-state index contributed by atoms with van der Waals surface area (Å²) in [7, 11) is 1.58. The highest BCUT2D eigenvalue weighted by molar-refractivity contribution is 5.96. The zero-order valence-electron chi connectivity index (χ0n) is 16.4. The van der Waals surface area contributed by atoms with Crippen molar-refractivity contribution in [2.45, 2.75) is 19.3 Å². The number of imidazole rings is 1. The van der Waals surface area contributed by atoms with E-state index in [9.17, 15) is 4.79 Å². The fourth-order valence-corrected chi connectivity index (χ4v) is 3.32. The van der Waals surface area contributed by atoms with Gasteiger partial charge in [-0.1, -0.05) is 49.4 Å². The molecule has 0 fully saturated rings. The molecule has 6 heteroatoms. The van der Waals surface area contributed by atoms with Gasteiger partial charge in [-0.25, -0.2) is 9.50 Å². The number of amides is 1. The Morgan fingerprint density at radius 1 is 1.07 bits per heavy atom. The number of rotatable bonds is 6. The van der Waals surface area contributed by atoms with Crippen molar-refractivity contribution in [3.63, 3.8) is 0 Å². The van der Waals surface area contributed by atoms with Crippen molar-refractivity contribution >= 4 is 17.2 Å². The summed E-state index contributed by atoms with van der Waals surface area (Å²) in [5, 5.41) is 7.35. The van der Waals surface area contributed by atoms with Crippen molar-refractivity contribution in [1.82, 2.24) is 14.6 Å². The van der Waals surface area contributed by atoms with E-state index in [2.05, 4.69) is 15.4 Å². The van der Waals surface area contributed by atoms with Gasteiger partial charge in [-0.05, 0) is 30.2 Å². The minimum absolute atomic E-state index is 0.00419. The van der Waals surface area contributed by atoms with Crippen LogP contribution in [-0.2, 0) is 4.79 Å². The van der Waals surface area contributed by atoms with Crippen LogP contribution in [0, 0.1) is 0 Å². The fourth-order valence-electron chi connectivity index (χ4n) is 3.32. The van der Waals surface area contributed by atoms with Crippen molar-refractivity contribution < 1.29 is 9.53 Å². The van der Waals surface area contributed by atoms with Gasteiger partial charge in [0, 0.05) is 17.3 Å². The van der Waals surface area contributed by atoms with Gasteiger partial charge in [-0.3, -0.25) is 4.79 Å². The van der Waals surface area contributed by atoms with Gasteiger partial charge in [0.1, 0.15) is 0 Å². The molecule has 0 aliphatic carbocycles. The normalized spacial score (nSPS) is 11.9. The summed E-state index contributed by atoms with van der Waals surface area (Å²) in [6.45, 7) is 2.02. The maximum atomic E-state index is 12.7. The third-order valence-corrected chi connectivity index (χ3v) is 4.88. The second-order valence-corrected chi connectivity index (χ2v) is 6.74. The van der Waals surface area contributed by atoms with Gasteiger partial charge < -0.3 is 10.1 Å². The van der Waals surface area contributed by atoms with Crippen LogP contribution in [0.25, 0.3) is 16.9 Å². The van der Waals surface area contributed by atoms with E-state index in [-0.39, 0.29) is 11.8 Å². The van der Waals surface area contributed by atoms with E-state index in [0.29, 0.717) is 5.88 Å². The number of hydrogen-bond acceptors (Lipinski definition) is 4. The van der Waals surface area contributed by atoms with Crippen molar-refractivity contribution in [2.24, 2.45) is 0 Å². The van der Waals surface area contributed by atoms with Gasteiger partial charge in [0.15, 0.2) is 5.65 Å². The number of aromatic nitrogens is 3. The topological polar surface area (TPSA) is 68.5 Å². The molecule has 0 spiro atoms. The Bertz CT molecular complexity index is 1120. The molecule has 0 saturated carbocycles. The molecule has 2 heterocycles. The molecule has 6 nitrogen and oxygen atoms in total. The van der Waals surface area contributed by atoms with E-state index < -0.39 is 0 Å². The molecule has 0 saturated heterocycles. The van der Waals surface area contributed by atoms with Crippen LogP contribution in [0.1, 0.15) is 24.8 Å². The summed E-state index contributed by atoms with van der Waals surface area (Å²) >= 11 is 0. The second-order valence-electron chi connectivity index (χ2n) is 6.74. The van der Waals surface area contributed by atoms with Crippen molar-refractivity contribution in [3.8, 4) is 17.1 Å². The van der Waals surface area contributed by atoms with E-state index >= 15 is 0 Å². The average molecular weight is 386 g/mol. The number of carbonyl (C=O) groups excluding carboxylic acids is 1. The minimum atomic E-state index is -0.171. The molecule has 1 atom stereocenters. The molecule has 146 valence electrons. The standard InChI is InChI=1S/C23H22N4O2/c1-3-19(16-7-5-4-6-8-16)23(28)24-18-11-9-17(10-12-18)20-15-27-21(25-20)13-14-22(26-27)29-2/h4-15,19H,3H2,1-2H3,(H,24,28)/t19-/m0/s1. The molecule has 2 aromatic carbocycles. The van der Waals surface area contributed by atoms with Crippen LogP contribution in [0.2, 0.25) is 0 Å². The number of nitrogens with one attached hydrogen (secondary N) is 1. The number of carbonyl (C=O) groups is 1. The van der Waals surface area contributed by atoms with E-state index in [0.717, 1.165) is 34.6 Å². The van der Waals surface area contributed by atoms with Crippen LogP contribution in [-0.4, -0.2) is 27.6 Å². The first-order chi connectivity index (χ1) is 14.2. The number of hydrogen-bond donors (Lipinski definition) is 1. The zero-order valence-corrected chi connectivity index (χ0v) is 16.4. The maximum absolute atomic E-state index is 12.7. The maximum Gasteiger partial charge on any atom is 0.231 e. The monoisotopic (exact) mass is 386 g/mol. The fraction of sp³-hybridized carbons (Fsp3) is 0.174. The van der Waals surface area contributed by atoms with Gasteiger partial charge >= 0.3 is 0 Å². The summed E-state index contributed by atoms with van der Waals surface area (Å²) in [5.41, 5.74) is 4.28. The van der Waals surface area contributed by atoms with Crippen LogP contribution in [0.3, 0.4) is 0 Å². The lowest BCUT2D eigenvalue weighted by Crippen LogP contribution is -2.20. The van der Waals surface area contributed by atoms with Crippen LogP contribution < -0.4 is 10.1 Å². The van der Waals surface area contributed by atoms with Gasteiger partial charge in [-0.15, -0.1) is 5.10 Å². The van der Waals surface area contributed by atoms with Crippen molar-refractivity contribution in [3.05, 3.63) is 78.5 Å². The number of methoxy groups -OCH3 is 1. The lowest BCUT2D eigenvalue weighted by Gasteiger charge is -2.15. The predicted molar refractivity (Wildman–Crippen MR) is 113 cm³/mol. The highest BCUT2D eigenvalue weighted by Crippen LogP contribution is 2.24. The first-order valence-electron chi connectivity index (χ1n) is 9.54. The van der Waals surface area contributed by atoms with E-state index in [1.165, 1.54) is 0 Å². The quantitative estimate of drug-likeness (QED) is 0.528. The molecule has 4 aromatic rings. The molecular formula is C23H22N4O2. The Morgan fingerprint density at radius 2 is 1.83 bits per heavy atom. The highest BCUT2D eigenvalue weighted by atomic mass is 16.5. The smallest absolute Gasteiger partial charge is 0.231 e. The van der Waals surface area contributed by atoms with Gasteiger partial charge in [0.2, 0.25) is 11.8 Å². The van der Waals surface area contributed by atoms with E-state index in [1.807, 2.05) is 73.8 Å². The minimum Gasteiger partial charge on any atom is -0.480 e. The van der Waals surface area contributed by atoms with E-state index in [4.69, 9.17) is 4.74 Å². The molecule has 0 aliphatic heterocycles. The van der Waals surface area contributed by atoms with Crippen LogP contribution in [0.15, 0.2) is 72.9 Å². The number of anilines is 1. The van der Waals surface area contributed by atoms with Crippen molar-refractivity contribution in [2.75, 3.05) is 12.4 Å². The first kappa shape index (κ1) is 18.7. The third-order valence-electron chi connectivity index (χ3n) is 4.88. The Morgan fingerprint density at radius 3 is 2.52 bits per heavy atom. The highest BCUT2D eigenvalue weighted by Gasteiger charge is 2.18. The van der Waals surface area contributed by atoms with E-state index in [1.54, 1.807) is 17.7 Å². The number of fused-ring (bicyclic) bond motifs is 1. The van der Waals surface area contributed by atoms with Crippen LogP contribution in [0.5, 0.6) is 5.88 Å². The van der Waals surface area contributed by atoms with Gasteiger partial charge in [0.05, 0.1) is 24.9 Å². The Kier molecular flexibility index (Phi) is 5.24. The molecular weight excluding hydrogens is 364 g/mol. The molecule has 2 aromatic heterocycles. The van der Waals surface area contributed by atoms with Crippen molar-refractivity contribution in [1.29, 1.82) is 0 Å². The molecule has 29 heavy (non-hydrogen) atoms. The summed E-state index contributed by atoms with van der Waals surface area (Å²) in [6.07, 6.45) is 2.60. The average Bonchev–Trinajstić information content (AvgIpc) is 3.19. The molecule has 4 rings (SSSR count). The SMILES string of the molecule is CC[C@H](C(=O)Nc1ccc(-c2cn3nc(OC)ccc3n2)cc1)c1ccccc1. The van der Waals surface area contributed by atoms with Gasteiger partial charge in [-0.2, -0.15) is 0 Å². The number of nitrogens with zero attached hydrogens (tertiary/aromatic N) is 3. The molecule has 0 aliphatic rings. The lowest BCUT2D eigenvalue weighted by atomic mass is 9.95. The first-order valence-corrected chi connectivity index (χ1v) is 9.54. The lowest BCUT2D eigenvalue weighted by molar-refractivity contribution is -0.117. The third kappa shape index (κ3) is 3.96. The predicted octanol–water partition coefficient (Wildman–Crippen LogP) is 4.54. The molecule has 0 bridgehead atoms. The largest absolute Gasteiger partial charge is 0.480 e. The van der Waals surface area contributed by atoms with Gasteiger partial charge in [0.25, 0.3) is 0 Å². The Hall–Kier alpha value is -3.67. The second kappa shape index (κ2) is 8.14. The van der Waals surface area contributed by atoms with Crippen LogP contribution >= 0.6 is 0 Å². The molecule has 0 unspecified atom stereocenters. The molecule has 1 amide bonds. The Balaban J connectivity index is 1.51. The molecule has 1 N–H and O–H groups in total. The summed E-state index contributed by atoms with van der Waals surface area (Å²) in [6, 6.07) is 21.2. The molecule has 0 radical (unpaired) electrons. The summed E-state index contributed by atoms with van der Waals surface area (Å²) < 4.78 is 6.84. The number of ether oxygens (including phenoxy) is 1. The Labute approximate surface area is 169 Å². The number of benzene rings is 2. The zero-order chi connectivity index (χ0) is 20.2.